The molecule has 1 aliphatic heterocycles. The first-order valence-corrected chi connectivity index (χ1v) is 7.62. The summed E-state index contributed by atoms with van der Waals surface area (Å²) in [6.07, 6.45) is 4.25. The summed E-state index contributed by atoms with van der Waals surface area (Å²) in [5.74, 6) is 1.29. The van der Waals surface area contributed by atoms with Crippen molar-refractivity contribution in [3.05, 3.63) is 0 Å². The largest absolute Gasteiger partial charge is 0.386 e. The van der Waals surface area contributed by atoms with Crippen LogP contribution in [0.2, 0.25) is 0 Å². The maximum Gasteiger partial charge on any atom is 0.222 e. The summed E-state index contributed by atoms with van der Waals surface area (Å²) in [6, 6.07) is 0. The van der Waals surface area contributed by atoms with E-state index in [-0.39, 0.29) is 5.91 Å². The van der Waals surface area contributed by atoms with E-state index in [1.807, 2.05) is 0 Å². The van der Waals surface area contributed by atoms with Gasteiger partial charge in [0.05, 0.1) is 18.7 Å². The Kier molecular flexibility index (Phi) is 6.27. The van der Waals surface area contributed by atoms with E-state index < -0.39 is 5.60 Å². The lowest BCUT2D eigenvalue weighted by atomic mass is 9.86. The van der Waals surface area contributed by atoms with Crippen molar-refractivity contribution < 1.29 is 9.90 Å². The molecule has 0 aliphatic carbocycles. The van der Waals surface area contributed by atoms with Crippen molar-refractivity contribution in [1.29, 1.82) is 0 Å². The average molecular weight is 270 g/mol. The van der Waals surface area contributed by atoms with Crippen LogP contribution in [0.5, 0.6) is 0 Å². The number of likely N-dealkylation sites (tertiary alicyclic amines) is 1. The molecule has 1 heterocycles. The first-order chi connectivity index (χ1) is 8.91. The highest BCUT2D eigenvalue weighted by molar-refractivity contribution is 5.77. The van der Waals surface area contributed by atoms with Crippen molar-refractivity contribution in [1.82, 2.24) is 4.90 Å². The average Bonchev–Trinajstić information content (AvgIpc) is 2.30. The molecule has 1 rings (SSSR count). The van der Waals surface area contributed by atoms with Gasteiger partial charge in [-0.05, 0) is 37.6 Å². The number of hydrogen-bond donors (Lipinski definition) is 2. The van der Waals surface area contributed by atoms with E-state index in [1.165, 1.54) is 0 Å². The summed E-state index contributed by atoms with van der Waals surface area (Å²) in [7, 11) is 0. The van der Waals surface area contributed by atoms with E-state index >= 15 is 0 Å². The minimum absolute atomic E-state index is 0.184. The molecule has 112 valence electrons. The standard InChI is InChI=1S/C15H30N2O2/c1-4-8-15(19)10-17(11-15)14(18)6-5-13(7-9-16)12(2)3/h12-13,19H,4-11,16H2,1-3H3. The molecule has 0 spiro atoms. The molecule has 1 saturated heterocycles. The number of carbonyl (C=O) groups is 1. The van der Waals surface area contributed by atoms with Crippen LogP contribution in [0.1, 0.15) is 52.9 Å². The predicted octanol–water partition coefficient (Wildman–Crippen LogP) is 1.76. The molecule has 1 atom stereocenters. The van der Waals surface area contributed by atoms with Crippen LogP contribution >= 0.6 is 0 Å². The Hall–Kier alpha value is -0.610. The molecule has 19 heavy (non-hydrogen) atoms. The Morgan fingerprint density at radius 1 is 1.37 bits per heavy atom. The third-order valence-corrected chi connectivity index (χ3v) is 4.25. The summed E-state index contributed by atoms with van der Waals surface area (Å²) < 4.78 is 0. The van der Waals surface area contributed by atoms with Crippen LogP contribution in [0, 0.1) is 11.8 Å². The van der Waals surface area contributed by atoms with E-state index in [0.717, 1.165) is 25.7 Å². The van der Waals surface area contributed by atoms with Gasteiger partial charge in [-0.1, -0.05) is 27.2 Å². The summed E-state index contributed by atoms with van der Waals surface area (Å²) in [5.41, 5.74) is 5.00. The molecule has 0 saturated carbocycles. The van der Waals surface area contributed by atoms with E-state index in [0.29, 0.717) is 37.9 Å². The zero-order valence-electron chi connectivity index (χ0n) is 12.7. The lowest BCUT2D eigenvalue weighted by Gasteiger charge is -2.46. The van der Waals surface area contributed by atoms with Gasteiger partial charge in [0.1, 0.15) is 0 Å². The van der Waals surface area contributed by atoms with Gasteiger partial charge < -0.3 is 15.7 Å². The molecular weight excluding hydrogens is 240 g/mol. The topological polar surface area (TPSA) is 66.6 Å². The minimum atomic E-state index is -0.612. The second-order valence-electron chi connectivity index (χ2n) is 6.34. The Balaban J connectivity index is 2.29. The molecule has 0 radical (unpaired) electrons. The normalized spacial score (nSPS) is 19.4. The molecule has 3 N–H and O–H groups in total. The van der Waals surface area contributed by atoms with Crippen molar-refractivity contribution in [2.24, 2.45) is 17.6 Å². The van der Waals surface area contributed by atoms with E-state index in [4.69, 9.17) is 5.73 Å². The molecule has 0 aromatic carbocycles. The van der Waals surface area contributed by atoms with Crippen molar-refractivity contribution in [2.45, 2.75) is 58.5 Å². The van der Waals surface area contributed by atoms with E-state index in [1.54, 1.807) is 4.90 Å². The first-order valence-electron chi connectivity index (χ1n) is 7.62. The zero-order valence-corrected chi connectivity index (χ0v) is 12.7. The van der Waals surface area contributed by atoms with Gasteiger partial charge in [0, 0.05) is 6.42 Å². The second-order valence-corrected chi connectivity index (χ2v) is 6.34. The SMILES string of the molecule is CCCC1(O)CN(C(=O)CCC(CCN)C(C)C)C1. The number of carbonyl (C=O) groups excluding carboxylic acids is 1. The number of β-amino-alcohol motifs (C(OH)–C–C–N with tert-alkyl or cyclic N) is 1. The van der Waals surface area contributed by atoms with Crippen LogP contribution in [0.15, 0.2) is 0 Å². The Morgan fingerprint density at radius 2 is 2.00 bits per heavy atom. The predicted molar refractivity (Wildman–Crippen MR) is 77.7 cm³/mol. The smallest absolute Gasteiger partial charge is 0.222 e. The fourth-order valence-electron chi connectivity index (χ4n) is 2.96. The van der Waals surface area contributed by atoms with Crippen molar-refractivity contribution >= 4 is 5.91 Å². The van der Waals surface area contributed by atoms with Crippen LogP contribution in [0.25, 0.3) is 0 Å². The monoisotopic (exact) mass is 270 g/mol. The highest BCUT2D eigenvalue weighted by atomic mass is 16.3. The number of amides is 1. The highest BCUT2D eigenvalue weighted by Gasteiger charge is 2.42. The van der Waals surface area contributed by atoms with Gasteiger partial charge in [0.15, 0.2) is 0 Å². The molecule has 0 aromatic heterocycles. The minimum Gasteiger partial charge on any atom is -0.386 e. The lowest BCUT2D eigenvalue weighted by molar-refractivity contribution is -0.156. The van der Waals surface area contributed by atoms with Crippen molar-refractivity contribution in [3.8, 4) is 0 Å². The molecule has 4 heteroatoms. The van der Waals surface area contributed by atoms with Crippen LogP contribution < -0.4 is 5.73 Å². The fourth-order valence-corrected chi connectivity index (χ4v) is 2.96. The summed E-state index contributed by atoms with van der Waals surface area (Å²) in [5, 5.41) is 10.1. The molecule has 0 bridgehead atoms. The zero-order chi connectivity index (χ0) is 14.5. The van der Waals surface area contributed by atoms with Crippen molar-refractivity contribution in [2.75, 3.05) is 19.6 Å². The maximum absolute atomic E-state index is 12.0. The first kappa shape index (κ1) is 16.4. The molecule has 1 aliphatic rings. The number of nitrogens with two attached hydrogens (primary N) is 1. The summed E-state index contributed by atoms with van der Waals surface area (Å²) in [6.45, 7) is 8.16. The van der Waals surface area contributed by atoms with Gasteiger partial charge >= 0.3 is 0 Å². The van der Waals surface area contributed by atoms with Gasteiger partial charge in [0.2, 0.25) is 5.91 Å². The van der Waals surface area contributed by atoms with Gasteiger partial charge in [-0.2, -0.15) is 0 Å². The fraction of sp³-hybridized carbons (Fsp3) is 0.933. The van der Waals surface area contributed by atoms with Crippen LogP contribution in [0.3, 0.4) is 0 Å². The summed E-state index contributed by atoms with van der Waals surface area (Å²) >= 11 is 0. The molecular formula is C15H30N2O2. The molecule has 1 unspecified atom stereocenters. The Morgan fingerprint density at radius 3 is 2.47 bits per heavy atom. The third-order valence-electron chi connectivity index (χ3n) is 4.25. The van der Waals surface area contributed by atoms with Crippen molar-refractivity contribution in [3.63, 3.8) is 0 Å². The lowest BCUT2D eigenvalue weighted by Crippen LogP contribution is -2.63. The third kappa shape index (κ3) is 4.77. The van der Waals surface area contributed by atoms with Gasteiger partial charge in [-0.15, -0.1) is 0 Å². The second kappa shape index (κ2) is 7.25. The number of hydrogen-bond acceptors (Lipinski definition) is 3. The maximum atomic E-state index is 12.0. The number of aliphatic hydroxyl groups is 1. The Bertz CT molecular complexity index is 286. The molecule has 1 amide bonds. The van der Waals surface area contributed by atoms with E-state index in [9.17, 15) is 9.90 Å². The molecule has 1 fully saturated rings. The number of nitrogens with zero attached hydrogens (tertiary/aromatic N) is 1. The van der Waals surface area contributed by atoms with E-state index in [2.05, 4.69) is 20.8 Å². The van der Waals surface area contributed by atoms with Crippen LogP contribution in [-0.2, 0) is 4.79 Å². The van der Waals surface area contributed by atoms with Gasteiger partial charge in [0.25, 0.3) is 0 Å². The summed E-state index contributed by atoms with van der Waals surface area (Å²) in [4.78, 5) is 13.8. The Labute approximate surface area is 117 Å². The molecule has 4 nitrogen and oxygen atoms in total. The van der Waals surface area contributed by atoms with Gasteiger partial charge in [-0.25, -0.2) is 0 Å². The quantitative estimate of drug-likeness (QED) is 0.706. The van der Waals surface area contributed by atoms with Crippen LogP contribution in [-0.4, -0.2) is 41.1 Å². The number of rotatable bonds is 8. The van der Waals surface area contributed by atoms with Crippen LogP contribution in [0.4, 0.5) is 0 Å². The van der Waals surface area contributed by atoms with Gasteiger partial charge in [-0.3, -0.25) is 4.79 Å². The highest BCUT2D eigenvalue weighted by Crippen LogP contribution is 2.28. The molecule has 0 aromatic rings.